The first-order chi connectivity index (χ1) is 6.29. The molecule has 0 bridgehead atoms. The zero-order chi connectivity index (χ0) is 9.26. The van der Waals surface area contributed by atoms with E-state index >= 15 is 0 Å². The number of rotatable bonds is 0. The Kier molecular flexibility index (Phi) is 2.06. The van der Waals surface area contributed by atoms with E-state index < -0.39 is 0 Å². The fourth-order valence-electron chi connectivity index (χ4n) is 1.48. The van der Waals surface area contributed by atoms with E-state index in [0.29, 0.717) is 6.54 Å². The lowest BCUT2D eigenvalue weighted by molar-refractivity contribution is 0.548. The second-order valence-electron chi connectivity index (χ2n) is 2.88. The Bertz CT molecular complexity index is 340. The van der Waals surface area contributed by atoms with Crippen LogP contribution in [0, 0.1) is 0 Å². The number of aliphatic hydroxyl groups is 1. The molecule has 0 aromatic heterocycles. The minimum atomic E-state index is -0.0612. The lowest BCUT2D eigenvalue weighted by Crippen LogP contribution is -2.37. The van der Waals surface area contributed by atoms with Crippen LogP contribution in [0.5, 0.6) is 0 Å². The molecule has 0 radical (unpaired) electrons. The largest absolute Gasteiger partial charge is 0.486 e. The number of anilines is 2. The summed E-state index contributed by atoms with van der Waals surface area (Å²) in [6.07, 6.45) is 0. The SMILES string of the molecule is OC(=S)N1CCNc2ccccc21. The highest BCUT2D eigenvalue weighted by Gasteiger charge is 2.17. The van der Waals surface area contributed by atoms with Gasteiger partial charge in [0.1, 0.15) is 0 Å². The smallest absolute Gasteiger partial charge is 0.261 e. The molecule has 0 saturated carbocycles. The Hall–Kier alpha value is -1.29. The molecule has 2 rings (SSSR count). The number of hydrogen-bond donors (Lipinski definition) is 2. The number of benzene rings is 1. The Balaban J connectivity index is 2.42. The van der Waals surface area contributed by atoms with Crippen LogP contribution in [0.1, 0.15) is 0 Å². The highest BCUT2D eigenvalue weighted by atomic mass is 32.1. The van der Waals surface area contributed by atoms with Crippen LogP contribution in [0.4, 0.5) is 11.4 Å². The van der Waals surface area contributed by atoms with Gasteiger partial charge in [-0.05, 0) is 24.4 Å². The van der Waals surface area contributed by atoms with E-state index in [9.17, 15) is 5.11 Å². The molecule has 1 aliphatic heterocycles. The van der Waals surface area contributed by atoms with Crippen molar-refractivity contribution in [3.63, 3.8) is 0 Å². The van der Waals surface area contributed by atoms with Gasteiger partial charge in [0.15, 0.2) is 0 Å². The summed E-state index contributed by atoms with van der Waals surface area (Å²) in [5.74, 6) is 0. The summed E-state index contributed by atoms with van der Waals surface area (Å²) in [6.45, 7) is 1.52. The van der Waals surface area contributed by atoms with Gasteiger partial charge in [-0.2, -0.15) is 0 Å². The fraction of sp³-hybridized carbons (Fsp3) is 0.222. The number of fused-ring (bicyclic) bond motifs is 1. The van der Waals surface area contributed by atoms with E-state index in [0.717, 1.165) is 17.9 Å². The van der Waals surface area contributed by atoms with Crippen LogP contribution in [0.2, 0.25) is 0 Å². The number of thiocarbonyl (C=S) groups is 1. The van der Waals surface area contributed by atoms with Gasteiger partial charge in [0, 0.05) is 13.1 Å². The van der Waals surface area contributed by atoms with Gasteiger partial charge in [0.2, 0.25) is 0 Å². The molecule has 0 unspecified atom stereocenters. The summed E-state index contributed by atoms with van der Waals surface area (Å²) in [5, 5.41) is 12.4. The van der Waals surface area contributed by atoms with Crippen molar-refractivity contribution in [2.24, 2.45) is 0 Å². The molecule has 1 aromatic carbocycles. The fourth-order valence-corrected chi connectivity index (χ4v) is 1.67. The Labute approximate surface area is 82.0 Å². The minimum absolute atomic E-state index is 0.0612. The average molecular weight is 194 g/mol. The molecule has 68 valence electrons. The summed E-state index contributed by atoms with van der Waals surface area (Å²) in [7, 11) is 0. The number of aliphatic hydroxyl groups excluding tert-OH is 1. The van der Waals surface area contributed by atoms with Gasteiger partial charge in [0.05, 0.1) is 11.4 Å². The standard InChI is InChI=1S/C9H10N2OS/c12-9(13)11-6-5-10-7-3-1-2-4-8(7)11/h1-4,10H,5-6H2,(H,12,13). The molecule has 2 N–H and O–H groups in total. The molecule has 0 fully saturated rings. The maximum absolute atomic E-state index is 9.25. The second kappa shape index (κ2) is 3.22. The maximum Gasteiger partial charge on any atom is 0.261 e. The van der Waals surface area contributed by atoms with Gasteiger partial charge in [-0.3, -0.25) is 4.90 Å². The van der Waals surface area contributed by atoms with E-state index in [1.165, 1.54) is 0 Å². The lowest BCUT2D eigenvalue weighted by Gasteiger charge is -2.29. The minimum Gasteiger partial charge on any atom is -0.486 e. The van der Waals surface area contributed by atoms with Crippen LogP contribution in [-0.2, 0) is 0 Å². The zero-order valence-corrected chi connectivity index (χ0v) is 7.84. The molecule has 13 heavy (non-hydrogen) atoms. The van der Waals surface area contributed by atoms with E-state index in [1.807, 2.05) is 24.3 Å². The molecule has 1 aromatic rings. The molecule has 0 amide bonds. The first-order valence-electron chi connectivity index (χ1n) is 4.12. The maximum atomic E-state index is 9.25. The zero-order valence-electron chi connectivity index (χ0n) is 7.03. The monoisotopic (exact) mass is 194 g/mol. The number of nitrogens with zero attached hydrogens (tertiary/aromatic N) is 1. The summed E-state index contributed by atoms with van der Waals surface area (Å²) in [4.78, 5) is 1.72. The number of hydrogen-bond acceptors (Lipinski definition) is 2. The Morgan fingerprint density at radius 1 is 1.46 bits per heavy atom. The van der Waals surface area contributed by atoms with Crippen molar-refractivity contribution in [1.29, 1.82) is 0 Å². The van der Waals surface area contributed by atoms with Crippen molar-refractivity contribution in [2.45, 2.75) is 0 Å². The van der Waals surface area contributed by atoms with Crippen molar-refractivity contribution in [3.8, 4) is 0 Å². The topological polar surface area (TPSA) is 35.5 Å². The van der Waals surface area contributed by atoms with E-state index in [4.69, 9.17) is 12.2 Å². The third-order valence-electron chi connectivity index (χ3n) is 2.08. The summed E-state index contributed by atoms with van der Waals surface area (Å²) in [6, 6.07) is 7.79. The Morgan fingerprint density at radius 3 is 3.00 bits per heavy atom. The van der Waals surface area contributed by atoms with Gasteiger partial charge in [0.25, 0.3) is 5.17 Å². The van der Waals surface area contributed by atoms with Crippen molar-refractivity contribution < 1.29 is 5.11 Å². The van der Waals surface area contributed by atoms with Gasteiger partial charge < -0.3 is 10.4 Å². The van der Waals surface area contributed by atoms with Crippen LogP contribution < -0.4 is 10.2 Å². The second-order valence-corrected chi connectivity index (χ2v) is 3.24. The van der Waals surface area contributed by atoms with Crippen molar-refractivity contribution in [1.82, 2.24) is 0 Å². The van der Waals surface area contributed by atoms with Gasteiger partial charge >= 0.3 is 0 Å². The van der Waals surface area contributed by atoms with E-state index in [-0.39, 0.29) is 5.17 Å². The summed E-state index contributed by atoms with van der Waals surface area (Å²) in [5.41, 5.74) is 1.96. The van der Waals surface area contributed by atoms with Crippen molar-refractivity contribution >= 4 is 28.8 Å². The average Bonchev–Trinajstić information content (AvgIpc) is 2.17. The van der Waals surface area contributed by atoms with Gasteiger partial charge in [-0.25, -0.2) is 0 Å². The molecular weight excluding hydrogens is 184 g/mol. The normalized spacial score (nSPS) is 14.6. The molecule has 0 spiro atoms. The summed E-state index contributed by atoms with van der Waals surface area (Å²) < 4.78 is 0. The van der Waals surface area contributed by atoms with Gasteiger partial charge in [-0.15, -0.1) is 0 Å². The van der Waals surface area contributed by atoms with Crippen LogP contribution in [-0.4, -0.2) is 23.4 Å². The third kappa shape index (κ3) is 1.45. The quantitative estimate of drug-likeness (QED) is 0.617. The van der Waals surface area contributed by atoms with Crippen molar-refractivity contribution in [2.75, 3.05) is 23.3 Å². The third-order valence-corrected chi connectivity index (χ3v) is 2.30. The van der Waals surface area contributed by atoms with E-state index in [2.05, 4.69) is 5.32 Å². The molecular formula is C9H10N2OS. The first kappa shape index (κ1) is 8.31. The molecule has 4 heteroatoms. The van der Waals surface area contributed by atoms with Crippen LogP contribution in [0.25, 0.3) is 0 Å². The highest BCUT2D eigenvalue weighted by molar-refractivity contribution is 7.80. The highest BCUT2D eigenvalue weighted by Crippen LogP contribution is 2.28. The van der Waals surface area contributed by atoms with Crippen LogP contribution in [0.3, 0.4) is 0 Å². The predicted molar refractivity (Wildman–Crippen MR) is 57.5 cm³/mol. The molecule has 3 nitrogen and oxygen atoms in total. The van der Waals surface area contributed by atoms with Crippen LogP contribution in [0.15, 0.2) is 24.3 Å². The first-order valence-corrected chi connectivity index (χ1v) is 4.53. The molecule has 1 heterocycles. The van der Waals surface area contributed by atoms with Crippen molar-refractivity contribution in [3.05, 3.63) is 24.3 Å². The number of nitrogens with one attached hydrogen (secondary N) is 1. The lowest BCUT2D eigenvalue weighted by atomic mass is 10.2. The molecule has 0 atom stereocenters. The summed E-state index contributed by atoms with van der Waals surface area (Å²) >= 11 is 4.75. The van der Waals surface area contributed by atoms with Crippen LogP contribution >= 0.6 is 12.2 Å². The molecule has 0 aliphatic carbocycles. The predicted octanol–water partition coefficient (Wildman–Crippen LogP) is 1.76. The number of para-hydroxylation sites is 2. The molecule has 1 aliphatic rings. The van der Waals surface area contributed by atoms with E-state index in [1.54, 1.807) is 4.90 Å². The van der Waals surface area contributed by atoms with Gasteiger partial charge in [-0.1, -0.05) is 12.1 Å². The Morgan fingerprint density at radius 2 is 2.23 bits per heavy atom. The molecule has 0 saturated heterocycles.